The van der Waals surface area contributed by atoms with Crippen molar-refractivity contribution in [1.29, 1.82) is 0 Å². The summed E-state index contributed by atoms with van der Waals surface area (Å²) in [7, 11) is 0. The van der Waals surface area contributed by atoms with Crippen LogP contribution in [-0.4, -0.2) is 49.5 Å². The van der Waals surface area contributed by atoms with E-state index in [9.17, 15) is 5.11 Å². The monoisotopic (exact) mass is 457 g/mol. The van der Waals surface area contributed by atoms with Crippen LogP contribution in [0.25, 0.3) is 0 Å². The van der Waals surface area contributed by atoms with Gasteiger partial charge < -0.3 is 14.6 Å². The van der Waals surface area contributed by atoms with Gasteiger partial charge in [-0.2, -0.15) is 0 Å². The molecule has 2 aromatic carbocycles. The number of ether oxygens (including phenoxy) is 2. The first kappa shape index (κ1) is 23.6. The average Bonchev–Trinajstić information content (AvgIpc) is 2.85. The van der Waals surface area contributed by atoms with Gasteiger partial charge in [0, 0.05) is 30.6 Å². The number of hydrogen-bond donors (Lipinski definition) is 1. The number of morpholine rings is 1. The molecule has 0 aromatic heterocycles. The van der Waals surface area contributed by atoms with E-state index in [1.807, 2.05) is 31.2 Å². The van der Waals surface area contributed by atoms with E-state index in [1.165, 1.54) is 19.3 Å². The van der Waals surface area contributed by atoms with Gasteiger partial charge in [-0.1, -0.05) is 55.1 Å². The van der Waals surface area contributed by atoms with Gasteiger partial charge >= 0.3 is 0 Å². The summed E-state index contributed by atoms with van der Waals surface area (Å²) < 4.78 is 11.3. The summed E-state index contributed by atoms with van der Waals surface area (Å²) in [5, 5.41) is 13.4. The molecule has 5 heteroatoms. The largest absolute Gasteiger partial charge is 0.494 e. The minimum Gasteiger partial charge on any atom is -0.494 e. The minimum atomic E-state index is -0.961. The van der Waals surface area contributed by atoms with Crippen LogP contribution in [0.4, 0.5) is 0 Å². The SMILES string of the molecule is CCOc1ccc(C(O)(C2CCCCC2)C(CN2CCOCC2)c2ccc(Cl)cc2)cc1. The van der Waals surface area contributed by atoms with E-state index in [-0.39, 0.29) is 11.8 Å². The predicted molar refractivity (Wildman–Crippen MR) is 130 cm³/mol. The highest BCUT2D eigenvalue weighted by Gasteiger charge is 2.46. The van der Waals surface area contributed by atoms with E-state index in [0.29, 0.717) is 6.61 Å². The molecule has 4 rings (SSSR count). The first-order chi connectivity index (χ1) is 15.6. The van der Waals surface area contributed by atoms with Gasteiger partial charge in [-0.25, -0.2) is 0 Å². The molecule has 174 valence electrons. The molecular formula is C27H36ClNO3. The summed E-state index contributed by atoms with van der Waals surface area (Å²) >= 11 is 6.23. The molecule has 0 bridgehead atoms. The second kappa shape index (κ2) is 11.0. The van der Waals surface area contributed by atoms with Gasteiger partial charge in [0.15, 0.2) is 0 Å². The third-order valence-corrected chi connectivity index (χ3v) is 7.46. The first-order valence-corrected chi connectivity index (χ1v) is 12.5. The second-order valence-electron chi connectivity index (χ2n) is 9.13. The van der Waals surface area contributed by atoms with Crippen LogP contribution < -0.4 is 4.74 Å². The molecule has 32 heavy (non-hydrogen) atoms. The number of nitrogens with zero attached hydrogens (tertiary/aromatic N) is 1. The standard InChI is InChI=1S/C27H36ClNO3/c1-2-32-25-14-10-23(11-15-25)27(30,22-6-4-3-5-7-22)26(20-29-16-18-31-19-17-29)21-8-12-24(28)13-9-21/h8-15,22,26,30H,2-7,16-20H2,1H3. The normalized spacial score (nSPS) is 21.1. The summed E-state index contributed by atoms with van der Waals surface area (Å²) in [5.41, 5.74) is 1.17. The third-order valence-electron chi connectivity index (χ3n) is 7.20. The number of rotatable bonds is 8. The van der Waals surface area contributed by atoms with Gasteiger partial charge in [0.1, 0.15) is 11.4 Å². The Morgan fingerprint density at radius 2 is 1.69 bits per heavy atom. The zero-order chi connectivity index (χ0) is 22.4. The fourth-order valence-electron chi connectivity index (χ4n) is 5.48. The fraction of sp³-hybridized carbons (Fsp3) is 0.556. The Hall–Kier alpha value is -1.59. The Labute approximate surface area is 197 Å². The van der Waals surface area contributed by atoms with Gasteiger partial charge in [-0.05, 0) is 61.1 Å². The Kier molecular flexibility index (Phi) is 8.12. The number of hydrogen-bond acceptors (Lipinski definition) is 4. The predicted octanol–water partition coefficient (Wildman–Crippen LogP) is 5.62. The van der Waals surface area contributed by atoms with Crippen molar-refractivity contribution in [3.05, 3.63) is 64.7 Å². The van der Waals surface area contributed by atoms with Gasteiger partial charge in [-0.15, -0.1) is 0 Å². The van der Waals surface area contributed by atoms with Crippen LogP contribution in [0.5, 0.6) is 5.75 Å². The molecule has 1 heterocycles. The molecule has 2 aromatic rings. The maximum absolute atomic E-state index is 12.7. The van der Waals surface area contributed by atoms with E-state index in [1.54, 1.807) is 0 Å². The van der Waals surface area contributed by atoms with Crippen LogP contribution in [-0.2, 0) is 10.3 Å². The summed E-state index contributed by atoms with van der Waals surface area (Å²) in [6.45, 7) is 6.71. The zero-order valence-electron chi connectivity index (χ0n) is 19.1. The van der Waals surface area contributed by atoms with Crippen molar-refractivity contribution in [3.63, 3.8) is 0 Å². The van der Waals surface area contributed by atoms with Gasteiger partial charge in [0.25, 0.3) is 0 Å². The minimum absolute atomic E-state index is 0.0566. The van der Waals surface area contributed by atoms with Crippen molar-refractivity contribution in [2.75, 3.05) is 39.5 Å². The molecule has 1 N–H and O–H groups in total. The first-order valence-electron chi connectivity index (χ1n) is 12.1. The van der Waals surface area contributed by atoms with Gasteiger partial charge in [0.05, 0.1) is 19.8 Å². The quantitative estimate of drug-likeness (QED) is 0.558. The number of halogens is 1. The van der Waals surface area contributed by atoms with Crippen molar-refractivity contribution in [1.82, 2.24) is 4.90 Å². The van der Waals surface area contributed by atoms with E-state index < -0.39 is 5.60 Å². The lowest BCUT2D eigenvalue weighted by Gasteiger charge is -2.46. The maximum Gasteiger partial charge on any atom is 0.119 e. The smallest absolute Gasteiger partial charge is 0.119 e. The lowest BCUT2D eigenvalue weighted by atomic mass is 9.65. The Morgan fingerprint density at radius 3 is 2.31 bits per heavy atom. The van der Waals surface area contributed by atoms with Crippen molar-refractivity contribution >= 4 is 11.6 Å². The molecule has 2 aliphatic rings. The second-order valence-corrected chi connectivity index (χ2v) is 9.57. The van der Waals surface area contributed by atoms with Crippen LogP contribution in [0.2, 0.25) is 5.02 Å². The van der Waals surface area contributed by atoms with Crippen LogP contribution in [0.1, 0.15) is 56.1 Å². The molecule has 4 nitrogen and oxygen atoms in total. The molecule has 0 amide bonds. The van der Waals surface area contributed by atoms with Crippen molar-refractivity contribution in [3.8, 4) is 5.75 Å². The number of aliphatic hydroxyl groups is 1. The molecule has 1 aliphatic heterocycles. The number of benzene rings is 2. The average molecular weight is 458 g/mol. The van der Waals surface area contributed by atoms with Crippen LogP contribution in [0, 0.1) is 5.92 Å². The van der Waals surface area contributed by atoms with Crippen LogP contribution in [0.15, 0.2) is 48.5 Å². The molecule has 1 aliphatic carbocycles. The molecule has 2 fully saturated rings. The van der Waals surface area contributed by atoms with Crippen LogP contribution >= 0.6 is 11.6 Å². The van der Waals surface area contributed by atoms with Crippen molar-refractivity contribution < 1.29 is 14.6 Å². The highest BCUT2D eigenvalue weighted by Crippen LogP contribution is 2.49. The van der Waals surface area contributed by atoms with Gasteiger partial charge in [-0.3, -0.25) is 4.90 Å². The van der Waals surface area contributed by atoms with Crippen molar-refractivity contribution in [2.45, 2.75) is 50.5 Å². The topological polar surface area (TPSA) is 41.9 Å². The zero-order valence-corrected chi connectivity index (χ0v) is 19.9. The van der Waals surface area contributed by atoms with Crippen molar-refractivity contribution in [2.24, 2.45) is 5.92 Å². The van der Waals surface area contributed by atoms with E-state index in [4.69, 9.17) is 21.1 Å². The van der Waals surface area contributed by atoms with Gasteiger partial charge in [0.2, 0.25) is 0 Å². The Morgan fingerprint density at radius 1 is 1.03 bits per heavy atom. The summed E-state index contributed by atoms with van der Waals surface area (Å²) in [6.07, 6.45) is 5.71. The third kappa shape index (κ3) is 5.31. The highest BCUT2D eigenvalue weighted by atomic mass is 35.5. The summed E-state index contributed by atoms with van der Waals surface area (Å²) in [6, 6.07) is 16.2. The highest BCUT2D eigenvalue weighted by molar-refractivity contribution is 6.30. The lowest BCUT2D eigenvalue weighted by Crippen LogP contribution is -2.48. The molecule has 0 spiro atoms. The molecule has 2 atom stereocenters. The molecule has 1 saturated carbocycles. The Balaban J connectivity index is 1.76. The summed E-state index contributed by atoms with van der Waals surface area (Å²) in [5.74, 6) is 1.01. The van der Waals surface area contributed by atoms with E-state index >= 15 is 0 Å². The van der Waals surface area contributed by atoms with Crippen LogP contribution in [0.3, 0.4) is 0 Å². The summed E-state index contributed by atoms with van der Waals surface area (Å²) in [4.78, 5) is 2.44. The molecule has 1 saturated heterocycles. The molecule has 2 unspecified atom stereocenters. The molecule has 0 radical (unpaired) electrons. The van der Waals surface area contributed by atoms with E-state index in [0.717, 1.165) is 67.6 Å². The fourth-order valence-corrected chi connectivity index (χ4v) is 5.61. The Bertz CT molecular complexity index is 829. The maximum atomic E-state index is 12.7. The van der Waals surface area contributed by atoms with E-state index in [2.05, 4.69) is 29.2 Å². The molecular weight excluding hydrogens is 422 g/mol. The lowest BCUT2D eigenvalue weighted by molar-refractivity contribution is -0.0758.